The summed E-state index contributed by atoms with van der Waals surface area (Å²) >= 11 is 0. The summed E-state index contributed by atoms with van der Waals surface area (Å²) in [6.07, 6.45) is 0.732. The predicted octanol–water partition coefficient (Wildman–Crippen LogP) is 1.06. The van der Waals surface area contributed by atoms with Crippen molar-refractivity contribution in [3.8, 4) is 0 Å². The van der Waals surface area contributed by atoms with Gasteiger partial charge in [0, 0.05) is 12.1 Å². The minimum atomic E-state index is -0.821. The molecule has 0 aromatic heterocycles. The molecule has 1 aliphatic rings. The van der Waals surface area contributed by atoms with E-state index in [9.17, 15) is 9.59 Å². The first-order valence-electron chi connectivity index (χ1n) is 5.24. The molecule has 16 heavy (non-hydrogen) atoms. The Morgan fingerprint density at radius 2 is 2.19 bits per heavy atom. The average molecular weight is 219 g/mol. The molecule has 1 unspecified atom stereocenters. The zero-order valence-corrected chi connectivity index (χ0v) is 8.77. The van der Waals surface area contributed by atoms with Crippen molar-refractivity contribution in [3.63, 3.8) is 0 Å². The standard InChI is InChI=1S/C12H13NO3/c14-11(15)6-8-5-9-3-1-2-4-10(9)12(16)13-7-8/h1-4,8H,5-7H2,(H,13,16)(H,14,15). The molecular formula is C12H13NO3. The maximum absolute atomic E-state index is 11.7. The van der Waals surface area contributed by atoms with Crippen molar-refractivity contribution in [3.05, 3.63) is 35.4 Å². The first-order chi connectivity index (χ1) is 7.66. The number of carboxylic acids is 1. The number of amides is 1. The smallest absolute Gasteiger partial charge is 0.303 e. The molecule has 0 saturated carbocycles. The summed E-state index contributed by atoms with van der Waals surface area (Å²) in [5.74, 6) is -0.952. The zero-order chi connectivity index (χ0) is 11.5. The monoisotopic (exact) mass is 219 g/mol. The third-order valence-corrected chi connectivity index (χ3v) is 2.79. The Morgan fingerprint density at radius 1 is 1.44 bits per heavy atom. The number of hydrogen-bond acceptors (Lipinski definition) is 2. The topological polar surface area (TPSA) is 66.4 Å². The molecule has 1 aromatic rings. The SMILES string of the molecule is O=C(O)CC1CNC(=O)c2ccccc2C1. The summed E-state index contributed by atoms with van der Waals surface area (Å²) in [5, 5.41) is 11.5. The van der Waals surface area contributed by atoms with Crippen LogP contribution >= 0.6 is 0 Å². The molecular weight excluding hydrogens is 206 g/mol. The van der Waals surface area contributed by atoms with E-state index in [-0.39, 0.29) is 18.2 Å². The van der Waals surface area contributed by atoms with E-state index < -0.39 is 5.97 Å². The molecule has 4 nitrogen and oxygen atoms in total. The lowest BCUT2D eigenvalue weighted by molar-refractivity contribution is -0.138. The normalized spacial score (nSPS) is 19.5. The Kier molecular flexibility index (Phi) is 2.90. The molecule has 1 heterocycles. The maximum Gasteiger partial charge on any atom is 0.303 e. The lowest BCUT2D eigenvalue weighted by atomic mass is 9.95. The van der Waals surface area contributed by atoms with Gasteiger partial charge in [0.25, 0.3) is 5.91 Å². The van der Waals surface area contributed by atoms with E-state index in [0.29, 0.717) is 18.5 Å². The van der Waals surface area contributed by atoms with Crippen molar-refractivity contribution in [1.29, 1.82) is 0 Å². The third kappa shape index (κ3) is 2.21. The van der Waals surface area contributed by atoms with Gasteiger partial charge in [-0.3, -0.25) is 9.59 Å². The Bertz CT molecular complexity index is 428. The molecule has 4 heteroatoms. The fourth-order valence-electron chi connectivity index (χ4n) is 2.03. The zero-order valence-electron chi connectivity index (χ0n) is 8.77. The van der Waals surface area contributed by atoms with Gasteiger partial charge in [0.2, 0.25) is 0 Å². The second-order valence-corrected chi connectivity index (χ2v) is 4.04. The van der Waals surface area contributed by atoms with Gasteiger partial charge in [-0.2, -0.15) is 0 Å². The highest BCUT2D eigenvalue weighted by Crippen LogP contribution is 2.19. The van der Waals surface area contributed by atoms with Crippen molar-refractivity contribution in [2.24, 2.45) is 5.92 Å². The minimum Gasteiger partial charge on any atom is -0.481 e. The lowest BCUT2D eigenvalue weighted by Crippen LogP contribution is -2.27. The molecule has 84 valence electrons. The van der Waals surface area contributed by atoms with Gasteiger partial charge in [-0.15, -0.1) is 0 Å². The van der Waals surface area contributed by atoms with Crippen LogP contribution in [0.3, 0.4) is 0 Å². The quantitative estimate of drug-likeness (QED) is 0.781. The van der Waals surface area contributed by atoms with Gasteiger partial charge in [0.05, 0.1) is 6.42 Å². The van der Waals surface area contributed by atoms with Crippen LogP contribution in [0.5, 0.6) is 0 Å². The number of fused-ring (bicyclic) bond motifs is 1. The van der Waals surface area contributed by atoms with E-state index in [1.54, 1.807) is 6.07 Å². The fraction of sp³-hybridized carbons (Fsp3) is 0.333. The number of nitrogens with one attached hydrogen (secondary N) is 1. The summed E-state index contributed by atoms with van der Waals surface area (Å²) in [7, 11) is 0. The van der Waals surface area contributed by atoms with Gasteiger partial charge in [-0.1, -0.05) is 18.2 Å². The van der Waals surface area contributed by atoms with Gasteiger partial charge in [0.1, 0.15) is 0 Å². The van der Waals surface area contributed by atoms with E-state index >= 15 is 0 Å². The van der Waals surface area contributed by atoms with Crippen LogP contribution < -0.4 is 5.32 Å². The first kappa shape index (κ1) is 10.7. The van der Waals surface area contributed by atoms with Gasteiger partial charge in [-0.25, -0.2) is 0 Å². The fourth-order valence-corrected chi connectivity index (χ4v) is 2.03. The van der Waals surface area contributed by atoms with E-state index in [2.05, 4.69) is 5.32 Å². The molecule has 1 aliphatic heterocycles. The Morgan fingerprint density at radius 3 is 2.94 bits per heavy atom. The van der Waals surface area contributed by atoms with Crippen LogP contribution in [0.4, 0.5) is 0 Å². The first-order valence-corrected chi connectivity index (χ1v) is 5.24. The number of carbonyl (C=O) groups excluding carboxylic acids is 1. The van der Waals surface area contributed by atoms with E-state index in [4.69, 9.17) is 5.11 Å². The van der Waals surface area contributed by atoms with E-state index in [1.165, 1.54) is 0 Å². The molecule has 0 aliphatic carbocycles. The van der Waals surface area contributed by atoms with Crippen molar-refractivity contribution in [2.75, 3.05) is 6.54 Å². The number of rotatable bonds is 2. The summed E-state index contributed by atoms with van der Waals surface area (Å²) in [6.45, 7) is 0.430. The maximum atomic E-state index is 11.7. The molecule has 1 atom stereocenters. The van der Waals surface area contributed by atoms with Crippen LogP contribution in [-0.2, 0) is 11.2 Å². The number of hydrogen-bond donors (Lipinski definition) is 2. The number of carboxylic acid groups (broad SMARTS) is 1. The van der Waals surface area contributed by atoms with Crippen LogP contribution in [0, 0.1) is 5.92 Å². The number of carbonyl (C=O) groups is 2. The largest absolute Gasteiger partial charge is 0.481 e. The summed E-state index contributed by atoms with van der Waals surface area (Å²) in [5.41, 5.74) is 1.60. The highest BCUT2D eigenvalue weighted by molar-refractivity contribution is 5.96. The van der Waals surface area contributed by atoms with Gasteiger partial charge >= 0.3 is 5.97 Å². The molecule has 2 rings (SSSR count). The van der Waals surface area contributed by atoms with Gasteiger partial charge in [0.15, 0.2) is 0 Å². The van der Waals surface area contributed by atoms with Crippen molar-refractivity contribution < 1.29 is 14.7 Å². The average Bonchev–Trinajstić information content (AvgIpc) is 2.39. The van der Waals surface area contributed by atoms with Crippen LogP contribution in [0.15, 0.2) is 24.3 Å². The van der Waals surface area contributed by atoms with Gasteiger partial charge in [-0.05, 0) is 24.0 Å². The van der Waals surface area contributed by atoms with E-state index in [0.717, 1.165) is 5.56 Å². The minimum absolute atomic E-state index is 0.0231. The van der Waals surface area contributed by atoms with Crippen LogP contribution in [-0.4, -0.2) is 23.5 Å². The second-order valence-electron chi connectivity index (χ2n) is 4.04. The Hall–Kier alpha value is -1.84. The Balaban J connectivity index is 2.24. The summed E-state index contributed by atoms with van der Waals surface area (Å²) in [4.78, 5) is 22.3. The molecule has 0 bridgehead atoms. The summed E-state index contributed by atoms with van der Waals surface area (Å²) < 4.78 is 0. The van der Waals surface area contributed by atoms with Crippen molar-refractivity contribution >= 4 is 11.9 Å². The van der Waals surface area contributed by atoms with Crippen LogP contribution in [0.25, 0.3) is 0 Å². The van der Waals surface area contributed by atoms with Gasteiger partial charge < -0.3 is 10.4 Å². The summed E-state index contributed by atoms with van der Waals surface area (Å²) in [6, 6.07) is 7.34. The van der Waals surface area contributed by atoms with Crippen molar-refractivity contribution in [1.82, 2.24) is 5.32 Å². The van der Waals surface area contributed by atoms with E-state index in [1.807, 2.05) is 18.2 Å². The molecule has 2 N–H and O–H groups in total. The second kappa shape index (κ2) is 4.35. The van der Waals surface area contributed by atoms with Crippen LogP contribution in [0.2, 0.25) is 0 Å². The van der Waals surface area contributed by atoms with Crippen molar-refractivity contribution in [2.45, 2.75) is 12.8 Å². The molecule has 0 spiro atoms. The predicted molar refractivity (Wildman–Crippen MR) is 58.2 cm³/mol. The molecule has 1 aromatic carbocycles. The highest BCUT2D eigenvalue weighted by Gasteiger charge is 2.22. The molecule has 1 amide bonds. The molecule has 0 radical (unpaired) electrons. The van der Waals surface area contributed by atoms with Crippen LogP contribution in [0.1, 0.15) is 22.3 Å². The highest BCUT2D eigenvalue weighted by atomic mass is 16.4. The Labute approximate surface area is 93.3 Å². The third-order valence-electron chi connectivity index (χ3n) is 2.79. The number of aliphatic carboxylic acids is 1. The number of benzene rings is 1. The molecule has 0 fully saturated rings. The lowest BCUT2D eigenvalue weighted by Gasteiger charge is -2.10. The molecule has 0 saturated heterocycles.